The zero-order chi connectivity index (χ0) is 10.9. The summed E-state index contributed by atoms with van der Waals surface area (Å²) in [4.78, 5) is 14.3. The Kier molecular flexibility index (Phi) is 3.00. The van der Waals surface area contributed by atoms with Crippen LogP contribution in [0.15, 0.2) is 10.7 Å². The number of rotatable bonds is 2. The molecule has 0 aliphatic carbocycles. The average molecular weight is 266 g/mol. The number of anilines is 1. The van der Waals surface area contributed by atoms with Crippen molar-refractivity contribution in [3.05, 3.63) is 21.9 Å². The van der Waals surface area contributed by atoms with E-state index in [4.69, 9.17) is 11.5 Å². The monoisotopic (exact) mass is 265 g/mol. The van der Waals surface area contributed by atoms with E-state index in [2.05, 4.69) is 20.9 Å². The molecule has 14 heavy (non-hydrogen) atoms. The second-order valence-electron chi connectivity index (χ2n) is 2.46. The van der Waals surface area contributed by atoms with Crippen molar-refractivity contribution in [1.29, 1.82) is 0 Å². The number of primary amides is 1. The van der Waals surface area contributed by atoms with Gasteiger partial charge in [0.15, 0.2) is 0 Å². The van der Waals surface area contributed by atoms with Gasteiger partial charge in [-0.15, -0.1) is 0 Å². The van der Waals surface area contributed by atoms with E-state index >= 15 is 0 Å². The van der Waals surface area contributed by atoms with Crippen LogP contribution in [0.2, 0.25) is 0 Å². The molecule has 0 aromatic carbocycles. The Hall–Kier alpha value is -1.24. The molecule has 4 nitrogen and oxygen atoms in total. The molecule has 0 unspecified atom stereocenters. The number of nitrogens with two attached hydrogens (primary N) is 2. The summed E-state index contributed by atoms with van der Waals surface area (Å²) in [5, 5.41) is 0. The summed E-state index contributed by atoms with van der Waals surface area (Å²) < 4.78 is 25.1. The normalized spacial score (nSPS) is 10.6. The van der Waals surface area contributed by atoms with Crippen LogP contribution in [-0.2, 0) is 0 Å². The molecular formula is C7H6BrF2N3O. The van der Waals surface area contributed by atoms with Crippen LogP contribution in [0, 0.1) is 0 Å². The van der Waals surface area contributed by atoms with Gasteiger partial charge < -0.3 is 11.5 Å². The maximum absolute atomic E-state index is 12.4. The van der Waals surface area contributed by atoms with Crippen molar-refractivity contribution in [2.45, 2.75) is 6.43 Å². The number of halogens is 3. The van der Waals surface area contributed by atoms with Gasteiger partial charge >= 0.3 is 0 Å². The molecule has 76 valence electrons. The Balaban J connectivity index is 3.44. The molecule has 0 saturated heterocycles. The van der Waals surface area contributed by atoms with Crippen molar-refractivity contribution in [3.63, 3.8) is 0 Å². The van der Waals surface area contributed by atoms with Crippen LogP contribution in [0.3, 0.4) is 0 Å². The maximum atomic E-state index is 12.4. The number of hydrogen-bond donors (Lipinski definition) is 2. The Morgan fingerprint density at radius 2 is 2.14 bits per heavy atom. The number of pyridine rings is 1. The van der Waals surface area contributed by atoms with E-state index < -0.39 is 23.6 Å². The Morgan fingerprint density at radius 1 is 1.57 bits per heavy atom. The molecule has 0 fully saturated rings. The van der Waals surface area contributed by atoms with E-state index in [-0.39, 0.29) is 10.3 Å². The predicted molar refractivity (Wildman–Crippen MR) is 49.8 cm³/mol. The minimum Gasteiger partial charge on any atom is -0.398 e. The number of alkyl halides is 2. The molecule has 1 heterocycles. The number of hydrogen-bond acceptors (Lipinski definition) is 3. The van der Waals surface area contributed by atoms with Gasteiger partial charge in [-0.05, 0) is 22.0 Å². The van der Waals surface area contributed by atoms with Crippen molar-refractivity contribution < 1.29 is 13.6 Å². The van der Waals surface area contributed by atoms with Crippen LogP contribution in [0.25, 0.3) is 0 Å². The van der Waals surface area contributed by atoms with Crippen LogP contribution in [-0.4, -0.2) is 10.9 Å². The lowest BCUT2D eigenvalue weighted by Gasteiger charge is -2.08. The summed E-state index contributed by atoms with van der Waals surface area (Å²) in [7, 11) is 0. The molecule has 1 aromatic rings. The third kappa shape index (κ3) is 1.98. The predicted octanol–water partition coefficient (Wildman–Crippen LogP) is 1.46. The van der Waals surface area contributed by atoms with Crippen molar-refractivity contribution in [3.8, 4) is 0 Å². The maximum Gasteiger partial charge on any atom is 0.268 e. The number of amides is 1. The first-order valence-electron chi connectivity index (χ1n) is 3.47. The lowest BCUT2D eigenvalue weighted by molar-refractivity contribution is 0.0980. The first-order chi connectivity index (χ1) is 6.43. The van der Waals surface area contributed by atoms with Gasteiger partial charge in [-0.1, -0.05) is 0 Å². The fraction of sp³-hybridized carbons (Fsp3) is 0.143. The molecule has 0 bridgehead atoms. The van der Waals surface area contributed by atoms with E-state index in [1.165, 1.54) is 6.07 Å². The smallest absolute Gasteiger partial charge is 0.268 e. The van der Waals surface area contributed by atoms with Crippen molar-refractivity contribution in [2.24, 2.45) is 5.73 Å². The van der Waals surface area contributed by atoms with Gasteiger partial charge in [-0.3, -0.25) is 4.79 Å². The van der Waals surface area contributed by atoms with Crippen LogP contribution in [0.1, 0.15) is 22.5 Å². The summed E-state index contributed by atoms with van der Waals surface area (Å²) in [6.45, 7) is 0. The van der Waals surface area contributed by atoms with Crippen LogP contribution in [0.5, 0.6) is 0 Å². The van der Waals surface area contributed by atoms with E-state index in [1.807, 2.05) is 0 Å². The highest BCUT2D eigenvalue weighted by atomic mass is 79.9. The second kappa shape index (κ2) is 3.87. The van der Waals surface area contributed by atoms with Gasteiger partial charge in [0.05, 0.1) is 5.56 Å². The number of carbonyl (C=O) groups excluding carboxylic acids is 1. The minimum atomic E-state index is -2.88. The Bertz CT molecular complexity index is 383. The number of aromatic nitrogens is 1. The van der Waals surface area contributed by atoms with Crippen molar-refractivity contribution in [1.82, 2.24) is 4.98 Å². The Labute approximate surface area is 86.4 Å². The standard InChI is InChI=1S/C7H6BrF2N3O/c8-3-1-2(11)4(6(9)10)5(13-3)7(12)14/h1,6H,(H2,11,13)(H2,12,14). The van der Waals surface area contributed by atoms with Gasteiger partial charge in [-0.25, -0.2) is 13.8 Å². The molecule has 0 saturated carbocycles. The minimum absolute atomic E-state index is 0.188. The molecule has 0 spiro atoms. The highest BCUT2D eigenvalue weighted by Crippen LogP contribution is 2.29. The third-order valence-corrected chi connectivity index (χ3v) is 1.92. The highest BCUT2D eigenvalue weighted by Gasteiger charge is 2.22. The molecule has 0 aliphatic rings. The topological polar surface area (TPSA) is 82.0 Å². The summed E-state index contributed by atoms with van der Waals surface area (Å²) in [6.07, 6.45) is -2.88. The van der Waals surface area contributed by atoms with Crippen LogP contribution < -0.4 is 11.5 Å². The first kappa shape index (κ1) is 10.8. The zero-order valence-electron chi connectivity index (χ0n) is 6.80. The van der Waals surface area contributed by atoms with E-state index in [0.717, 1.165) is 0 Å². The van der Waals surface area contributed by atoms with Gasteiger partial charge in [0.2, 0.25) is 0 Å². The number of carbonyl (C=O) groups is 1. The van der Waals surface area contributed by atoms with Gasteiger partial charge in [0.1, 0.15) is 10.3 Å². The largest absolute Gasteiger partial charge is 0.398 e. The molecule has 0 aliphatic heterocycles. The molecule has 0 radical (unpaired) electrons. The highest BCUT2D eigenvalue weighted by molar-refractivity contribution is 9.10. The Morgan fingerprint density at radius 3 is 2.57 bits per heavy atom. The fourth-order valence-corrected chi connectivity index (χ4v) is 1.38. The summed E-state index contributed by atoms with van der Waals surface area (Å²) in [5.41, 5.74) is 8.84. The zero-order valence-corrected chi connectivity index (χ0v) is 8.38. The SMILES string of the molecule is NC(=O)c1nc(Br)cc(N)c1C(F)F. The molecule has 0 atom stereocenters. The van der Waals surface area contributed by atoms with Gasteiger partial charge in [-0.2, -0.15) is 0 Å². The second-order valence-corrected chi connectivity index (χ2v) is 3.27. The molecule has 1 rings (SSSR count). The van der Waals surface area contributed by atoms with Gasteiger partial charge in [0.25, 0.3) is 12.3 Å². The van der Waals surface area contributed by atoms with Crippen molar-refractivity contribution >= 4 is 27.5 Å². The molecular weight excluding hydrogens is 260 g/mol. The molecule has 1 aromatic heterocycles. The van der Waals surface area contributed by atoms with Crippen LogP contribution >= 0.6 is 15.9 Å². The summed E-state index contributed by atoms with van der Waals surface area (Å²) >= 11 is 2.92. The fourth-order valence-electron chi connectivity index (χ4n) is 0.959. The van der Waals surface area contributed by atoms with Gasteiger partial charge in [0, 0.05) is 5.69 Å². The van der Waals surface area contributed by atoms with Crippen LogP contribution in [0.4, 0.5) is 14.5 Å². The lowest BCUT2D eigenvalue weighted by atomic mass is 10.1. The van der Waals surface area contributed by atoms with E-state index in [9.17, 15) is 13.6 Å². The first-order valence-corrected chi connectivity index (χ1v) is 4.26. The lowest BCUT2D eigenvalue weighted by Crippen LogP contribution is -2.17. The summed E-state index contributed by atoms with van der Waals surface area (Å²) in [6, 6.07) is 1.19. The molecule has 1 amide bonds. The van der Waals surface area contributed by atoms with E-state index in [0.29, 0.717) is 0 Å². The molecule has 4 N–H and O–H groups in total. The third-order valence-electron chi connectivity index (χ3n) is 1.51. The summed E-state index contributed by atoms with van der Waals surface area (Å²) in [5.74, 6) is -1.03. The molecule has 7 heteroatoms. The average Bonchev–Trinajstić information content (AvgIpc) is 2.01. The quantitative estimate of drug-likeness (QED) is 0.795. The number of nitrogen functional groups attached to an aromatic ring is 1. The number of nitrogens with zero attached hydrogens (tertiary/aromatic N) is 1. The van der Waals surface area contributed by atoms with Crippen molar-refractivity contribution in [2.75, 3.05) is 5.73 Å². The van der Waals surface area contributed by atoms with E-state index in [1.54, 1.807) is 0 Å².